The van der Waals surface area contributed by atoms with E-state index in [1.807, 2.05) is 25.1 Å². The van der Waals surface area contributed by atoms with Gasteiger partial charge in [-0.1, -0.05) is 22.9 Å². The normalized spacial score (nSPS) is 12.2. The van der Waals surface area contributed by atoms with Gasteiger partial charge in [0, 0.05) is 10.5 Å². The van der Waals surface area contributed by atoms with Crippen molar-refractivity contribution in [3.8, 4) is 11.5 Å². The number of ether oxygens (including phenoxy) is 1. The lowest BCUT2D eigenvalue weighted by molar-refractivity contribution is 0.466. The molecule has 0 spiro atoms. The lowest BCUT2D eigenvalue weighted by Gasteiger charge is -2.15. The Morgan fingerprint density at radius 2 is 1.86 bits per heavy atom. The minimum absolute atomic E-state index is 0.0116. The molecule has 1 atom stereocenters. The summed E-state index contributed by atoms with van der Waals surface area (Å²) in [5.41, 5.74) is 6.75. The van der Waals surface area contributed by atoms with Crippen molar-refractivity contribution in [3.63, 3.8) is 0 Å². The lowest BCUT2D eigenvalue weighted by Crippen LogP contribution is -2.21. The van der Waals surface area contributed by atoms with E-state index < -0.39 is 0 Å². The molecule has 0 fully saturated rings. The molecular formula is C16H16Br2FNO. The Hall–Kier alpha value is -0.910. The van der Waals surface area contributed by atoms with Gasteiger partial charge in [-0.2, -0.15) is 0 Å². The van der Waals surface area contributed by atoms with Gasteiger partial charge in [0.05, 0.1) is 4.47 Å². The molecule has 2 aromatic carbocycles. The van der Waals surface area contributed by atoms with Crippen LogP contribution in [0.15, 0.2) is 45.3 Å². The molecule has 21 heavy (non-hydrogen) atoms. The Balaban J connectivity index is 2.30. The smallest absolute Gasteiger partial charge is 0.141 e. The van der Waals surface area contributed by atoms with Crippen LogP contribution in [0.4, 0.5) is 4.39 Å². The van der Waals surface area contributed by atoms with E-state index in [0.29, 0.717) is 17.9 Å². The minimum atomic E-state index is -0.282. The predicted molar refractivity (Wildman–Crippen MR) is 90.3 cm³/mol. The summed E-state index contributed by atoms with van der Waals surface area (Å²) < 4.78 is 21.1. The molecule has 0 aliphatic carbocycles. The van der Waals surface area contributed by atoms with Crippen LogP contribution in [-0.2, 0) is 6.42 Å². The Morgan fingerprint density at radius 1 is 1.14 bits per heavy atom. The fourth-order valence-electron chi connectivity index (χ4n) is 1.91. The van der Waals surface area contributed by atoms with Crippen LogP contribution >= 0.6 is 31.9 Å². The van der Waals surface area contributed by atoms with Gasteiger partial charge in [0.25, 0.3) is 0 Å². The molecule has 0 radical (unpaired) electrons. The molecule has 0 amide bonds. The third kappa shape index (κ3) is 4.53. The molecule has 1 unspecified atom stereocenters. The summed E-state index contributed by atoms with van der Waals surface area (Å²) in [6, 6.07) is 10.1. The fourth-order valence-corrected chi connectivity index (χ4v) is 3.04. The molecule has 112 valence electrons. The maximum atomic E-state index is 13.5. The van der Waals surface area contributed by atoms with Gasteiger partial charge in [0.1, 0.15) is 17.3 Å². The lowest BCUT2D eigenvalue weighted by atomic mass is 10.0. The first-order valence-electron chi connectivity index (χ1n) is 6.66. The maximum Gasteiger partial charge on any atom is 0.141 e. The van der Waals surface area contributed by atoms with Crippen molar-refractivity contribution in [2.45, 2.75) is 25.8 Å². The van der Waals surface area contributed by atoms with E-state index in [0.717, 1.165) is 20.9 Å². The monoisotopic (exact) mass is 415 g/mol. The average molecular weight is 417 g/mol. The van der Waals surface area contributed by atoms with E-state index in [1.165, 1.54) is 12.1 Å². The molecule has 2 aromatic rings. The van der Waals surface area contributed by atoms with E-state index in [2.05, 4.69) is 31.9 Å². The first-order chi connectivity index (χ1) is 9.99. The Kier molecular flexibility index (Phi) is 5.79. The molecule has 0 bridgehead atoms. The second-order valence-electron chi connectivity index (χ2n) is 4.80. The third-order valence-electron chi connectivity index (χ3n) is 3.14. The molecule has 0 aromatic heterocycles. The van der Waals surface area contributed by atoms with E-state index in [4.69, 9.17) is 10.5 Å². The first kappa shape index (κ1) is 16.5. The molecule has 0 saturated heterocycles. The molecule has 0 saturated carbocycles. The van der Waals surface area contributed by atoms with Crippen LogP contribution in [-0.4, -0.2) is 6.04 Å². The van der Waals surface area contributed by atoms with Gasteiger partial charge in [-0.15, -0.1) is 0 Å². The highest BCUT2D eigenvalue weighted by Crippen LogP contribution is 2.34. The summed E-state index contributed by atoms with van der Waals surface area (Å²) in [6.07, 6.45) is 1.41. The van der Waals surface area contributed by atoms with Crippen molar-refractivity contribution in [2.75, 3.05) is 0 Å². The Morgan fingerprint density at radius 3 is 2.52 bits per heavy atom. The van der Waals surface area contributed by atoms with Crippen LogP contribution in [0.2, 0.25) is 0 Å². The summed E-state index contributed by atoms with van der Waals surface area (Å²) in [6.45, 7) is 2.01. The zero-order valence-electron chi connectivity index (χ0n) is 11.6. The highest BCUT2D eigenvalue weighted by molar-refractivity contribution is 9.11. The molecule has 2 nitrogen and oxygen atoms in total. The largest absolute Gasteiger partial charge is 0.456 e. The van der Waals surface area contributed by atoms with Crippen molar-refractivity contribution < 1.29 is 9.13 Å². The molecule has 0 heterocycles. The predicted octanol–water partition coefficient (Wildman–Crippen LogP) is 5.42. The van der Waals surface area contributed by atoms with Gasteiger partial charge < -0.3 is 10.5 Å². The number of halogens is 3. The molecule has 0 aliphatic heterocycles. The van der Waals surface area contributed by atoms with Gasteiger partial charge >= 0.3 is 0 Å². The van der Waals surface area contributed by atoms with Crippen molar-refractivity contribution in [2.24, 2.45) is 5.73 Å². The van der Waals surface area contributed by atoms with Crippen LogP contribution in [0.3, 0.4) is 0 Å². The highest BCUT2D eigenvalue weighted by Gasteiger charge is 2.12. The summed E-state index contributed by atoms with van der Waals surface area (Å²) >= 11 is 6.85. The Bertz CT molecular complexity index is 634. The molecule has 2 N–H and O–H groups in total. The summed E-state index contributed by atoms with van der Waals surface area (Å²) in [5.74, 6) is 1.02. The zero-order valence-corrected chi connectivity index (χ0v) is 14.7. The van der Waals surface area contributed by atoms with Crippen LogP contribution in [0, 0.1) is 5.82 Å². The summed E-state index contributed by atoms with van der Waals surface area (Å²) in [4.78, 5) is 0. The Labute approximate surface area is 140 Å². The minimum Gasteiger partial charge on any atom is -0.456 e. The number of hydrogen-bond acceptors (Lipinski definition) is 2. The van der Waals surface area contributed by atoms with Crippen LogP contribution in [0.25, 0.3) is 0 Å². The highest BCUT2D eigenvalue weighted by atomic mass is 79.9. The number of nitrogens with two attached hydrogens (primary N) is 1. The summed E-state index contributed by atoms with van der Waals surface area (Å²) in [5, 5.41) is 0. The average Bonchev–Trinajstić information content (AvgIpc) is 2.44. The second-order valence-corrected chi connectivity index (χ2v) is 6.57. The van der Waals surface area contributed by atoms with Gasteiger partial charge in [0.15, 0.2) is 0 Å². The summed E-state index contributed by atoms with van der Waals surface area (Å²) in [7, 11) is 0. The SMILES string of the molecule is CCC(N)Cc1cc(F)ccc1Oc1ccc(Br)cc1Br. The van der Waals surface area contributed by atoms with E-state index in [1.54, 1.807) is 6.07 Å². The van der Waals surface area contributed by atoms with Gasteiger partial charge in [-0.25, -0.2) is 4.39 Å². The quantitative estimate of drug-likeness (QED) is 0.705. The van der Waals surface area contributed by atoms with E-state index in [-0.39, 0.29) is 11.9 Å². The van der Waals surface area contributed by atoms with E-state index in [9.17, 15) is 4.39 Å². The fraction of sp³-hybridized carbons (Fsp3) is 0.250. The number of rotatable bonds is 5. The van der Waals surface area contributed by atoms with Crippen molar-refractivity contribution in [1.82, 2.24) is 0 Å². The van der Waals surface area contributed by atoms with Gasteiger partial charge in [-0.05, 0) is 70.7 Å². The van der Waals surface area contributed by atoms with Crippen molar-refractivity contribution in [3.05, 3.63) is 56.7 Å². The molecule has 5 heteroatoms. The van der Waals surface area contributed by atoms with Crippen LogP contribution in [0.5, 0.6) is 11.5 Å². The van der Waals surface area contributed by atoms with Crippen molar-refractivity contribution >= 4 is 31.9 Å². The molecule has 0 aliphatic rings. The van der Waals surface area contributed by atoms with Gasteiger partial charge in [0.2, 0.25) is 0 Å². The van der Waals surface area contributed by atoms with Crippen LogP contribution < -0.4 is 10.5 Å². The van der Waals surface area contributed by atoms with Crippen molar-refractivity contribution in [1.29, 1.82) is 0 Å². The maximum absolute atomic E-state index is 13.5. The number of hydrogen-bond donors (Lipinski definition) is 1. The molecule has 2 rings (SSSR count). The zero-order chi connectivity index (χ0) is 15.4. The van der Waals surface area contributed by atoms with Gasteiger partial charge in [-0.3, -0.25) is 0 Å². The molecular weight excluding hydrogens is 401 g/mol. The third-order valence-corrected chi connectivity index (χ3v) is 4.26. The topological polar surface area (TPSA) is 35.2 Å². The number of benzene rings is 2. The van der Waals surface area contributed by atoms with E-state index >= 15 is 0 Å². The second kappa shape index (κ2) is 7.38. The first-order valence-corrected chi connectivity index (χ1v) is 8.25. The standard InChI is InChI=1S/C16H16Br2FNO/c1-2-13(20)8-10-7-12(19)4-6-15(10)21-16-5-3-11(17)9-14(16)18/h3-7,9,13H,2,8,20H2,1H3. The van der Waals surface area contributed by atoms with Crippen LogP contribution in [0.1, 0.15) is 18.9 Å².